The van der Waals surface area contributed by atoms with Crippen LogP contribution in [-0.4, -0.2) is 33.5 Å². The second-order valence-electron chi connectivity index (χ2n) is 3.39. The topological polar surface area (TPSA) is 77.8 Å². The Labute approximate surface area is 78.2 Å². The summed E-state index contributed by atoms with van der Waals surface area (Å²) in [5.74, 6) is -1.54. The molecule has 0 heterocycles. The number of rotatable bonds is 6. The molecule has 13 heavy (non-hydrogen) atoms. The average molecular weight is 190 g/mol. The van der Waals surface area contributed by atoms with Crippen molar-refractivity contribution < 1.29 is 20.1 Å². The Bertz CT molecular complexity index is 158. The van der Waals surface area contributed by atoms with E-state index in [9.17, 15) is 9.90 Å². The van der Waals surface area contributed by atoms with Crippen molar-refractivity contribution in [2.24, 2.45) is 5.92 Å². The largest absolute Gasteiger partial charge is 0.479 e. The first-order valence-electron chi connectivity index (χ1n) is 4.59. The first-order chi connectivity index (χ1) is 6.00. The molecule has 0 aliphatic carbocycles. The number of carbonyl (C=O) groups is 1. The van der Waals surface area contributed by atoms with Crippen molar-refractivity contribution in [3.8, 4) is 0 Å². The van der Waals surface area contributed by atoms with E-state index in [0.717, 1.165) is 19.3 Å². The molecule has 4 heteroatoms. The SMILES string of the molecule is CCCCC(C)C(O)C(O)C(=O)O. The van der Waals surface area contributed by atoms with Crippen molar-refractivity contribution in [3.05, 3.63) is 0 Å². The minimum Gasteiger partial charge on any atom is -0.479 e. The molecule has 0 rings (SSSR count). The third kappa shape index (κ3) is 4.24. The zero-order valence-corrected chi connectivity index (χ0v) is 8.10. The summed E-state index contributed by atoms with van der Waals surface area (Å²) in [5.41, 5.74) is 0. The van der Waals surface area contributed by atoms with E-state index in [2.05, 4.69) is 0 Å². The molecule has 3 atom stereocenters. The van der Waals surface area contributed by atoms with Crippen molar-refractivity contribution in [1.82, 2.24) is 0 Å². The third-order valence-corrected chi connectivity index (χ3v) is 2.17. The van der Waals surface area contributed by atoms with Gasteiger partial charge < -0.3 is 15.3 Å². The van der Waals surface area contributed by atoms with Crippen LogP contribution < -0.4 is 0 Å². The molecular weight excluding hydrogens is 172 g/mol. The van der Waals surface area contributed by atoms with Gasteiger partial charge in [0.05, 0.1) is 6.10 Å². The van der Waals surface area contributed by atoms with Crippen molar-refractivity contribution >= 4 is 5.97 Å². The maximum Gasteiger partial charge on any atom is 0.335 e. The molecule has 0 saturated heterocycles. The zero-order valence-electron chi connectivity index (χ0n) is 8.10. The van der Waals surface area contributed by atoms with E-state index >= 15 is 0 Å². The predicted molar refractivity (Wildman–Crippen MR) is 48.3 cm³/mol. The lowest BCUT2D eigenvalue weighted by Gasteiger charge is -2.20. The van der Waals surface area contributed by atoms with Crippen molar-refractivity contribution in [1.29, 1.82) is 0 Å². The zero-order chi connectivity index (χ0) is 10.4. The predicted octanol–water partition coefficient (Wildman–Crippen LogP) is 0.619. The lowest BCUT2D eigenvalue weighted by atomic mass is 9.94. The highest BCUT2D eigenvalue weighted by Crippen LogP contribution is 2.15. The van der Waals surface area contributed by atoms with Crippen LogP contribution in [0.5, 0.6) is 0 Å². The number of aliphatic carboxylic acids is 1. The van der Waals surface area contributed by atoms with Gasteiger partial charge in [-0.3, -0.25) is 0 Å². The Kier molecular flexibility index (Phi) is 5.66. The molecule has 3 unspecified atom stereocenters. The van der Waals surface area contributed by atoms with Gasteiger partial charge in [-0.05, 0) is 12.3 Å². The van der Waals surface area contributed by atoms with Gasteiger partial charge >= 0.3 is 5.97 Å². The van der Waals surface area contributed by atoms with Crippen LogP contribution in [0.3, 0.4) is 0 Å². The van der Waals surface area contributed by atoms with E-state index in [-0.39, 0.29) is 5.92 Å². The summed E-state index contributed by atoms with van der Waals surface area (Å²) in [5, 5.41) is 26.8. The Hall–Kier alpha value is -0.610. The minimum absolute atomic E-state index is 0.175. The van der Waals surface area contributed by atoms with Crippen LogP contribution in [0.15, 0.2) is 0 Å². The van der Waals surface area contributed by atoms with Gasteiger partial charge in [-0.1, -0.05) is 26.7 Å². The summed E-state index contributed by atoms with van der Waals surface area (Å²) in [6.45, 7) is 3.76. The van der Waals surface area contributed by atoms with Crippen LogP contribution in [-0.2, 0) is 4.79 Å². The molecule has 3 N–H and O–H groups in total. The molecule has 0 amide bonds. The fourth-order valence-corrected chi connectivity index (χ4v) is 1.15. The van der Waals surface area contributed by atoms with Gasteiger partial charge in [0.1, 0.15) is 0 Å². The number of hydrogen-bond acceptors (Lipinski definition) is 3. The van der Waals surface area contributed by atoms with E-state index in [1.54, 1.807) is 6.92 Å². The molecule has 0 fully saturated rings. The summed E-state index contributed by atoms with van der Waals surface area (Å²) >= 11 is 0. The summed E-state index contributed by atoms with van der Waals surface area (Å²) in [4.78, 5) is 10.3. The Morgan fingerprint density at radius 3 is 2.31 bits per heavy atom. The van der Waals surface area contributed by atoms with Gasteiger partial charge in [0.15, 0.2) is 6.10 Å². The monoisotopic (exact) mass is 190 g/mol. The first kappa shape index (κ1) is 12.4. The minimum atomic E-state index is -1.66. The van der Waals surface area contributed by atoms with Gasteiger partial charge in [0, 0.05) is 0 Å². The first-order valence-corrected chi connectivity index (χ1v) is 4.59. The van der Waals surface area contributed by atoms with Crippen LogP contribution in [0.4, 0.5) is 0 Å². The van der Waals surface area contributed by atoms with E-state index < -0.39 is 18.2 Å². The molecule has 0 aromatic carbocycles. The standard InChI is InChI=1S/C9H18O4/c1-3-4-5-6(2)7(10)8(11)9(12)13/h6-8,10-11H,3-5H2,1-2H3,(H,12,13). The van der Waals surface area contributed by atoms with E-state index in [1.165, 1.54) is 0 Å². The Morgan fingerprint density at radius 1 is 1.38 bits per heavy atom. The number of aliphatic hydroxyl groups is 2. The van der Waals surface area contributed by atoms with E-state index in [4.69, 9.17) is 10.2 Å². The van der Waals surface area contributed by atoms with Crippen molar-refractivity contribution in [3.63, 3.8) is 0 Å². The molecule has 0 saturated carbocycles. The Balaban J connectivity index is 3.93. The Morgan fingerprint density at radius 2 is 1.92 bits per heavy atom. The normalized spacial score (nSPS) is 17.8. The van der Waals surface area contributed by atoms with Crippen LogP contribution in [0.1, 0.15) is 33.1 Å². The fourth-order valence-electron chi connectivity index (χ4n) is 1.15. The quantitative estimate of drug-likeness (QED) is 0.573. The maximum absolute atomic E-state index is 10.3. The molecule has 0 aromatic rings. The lowest BCUT2D eigenvalue weighted by Crippen LogP contribution is -2.38. The summed E-state index contributed by atoms with van der Waals surface area (Å²) in [6, 6.07) is 0. The van der Waals surface area contributed by atoms with Gasteiger partial charge in [-0.25, -0.2) is 4.79 Å². The number of hydrogen-bond donors (Lipinski definition) is 3. The number of carboxylic acids is 1. The van der Waals surface area contributed by atoms with Gasteiger partial charge in [0.25, 0.3) is 0 Å². The fraction of sp³-hybridized carbons (Fsp3) is 0.889. The maximum atomic E-state index is 10.3. The summed E-state index contributed by atoms with van der Waals surface area (Å²) in [7, 11) is 0. The highest BCUT2D eigenvalue weighted by Gasteiger charge is 2.27. The molecule has 0 aromatic heterocycles. The second kappa shape index (κ2) is 5.94. The highest BCUT2D eigenvalue weighted by molar-refractivity contribution is 5.72. The molecule has 4 nitrogen and oxygen atoms in total. The van der Waals surface area contributed by atoms with Crippen LogP contribution in [0.25, 0.3) is 0 Å². The molecule has 78 valence electrons. The van der Waals surface area contributed by atoms with Gasteiger partial charge in [-0.2, -0.15) is 0 Å². The second-order valence-corrected chi connectivity index (χ2v) is 3.39. The molecular formula is C9H18O4. The van der Waals surface area contributed by atoms with Crippen molar-refractivity contribution in [2.45, 2.75) is 45.3 Å². The van der Waals surface area contributed by atoms with E-state index in [1.807, 2.05) is 6.92 Å². The molecule has 0 aliphatic heterocycles. The van der Waals surface area contributed by atoms with Crippen LogP contribution in [0, 0.1) is 5.92 Å². The smallest absolute Gasteiger partial charge is 0.335 e. The molecule has 0 aliphatic rings. The molecule has 0 radical (unpaired) electrons. The number of aliphatic hydroxyl groups excluding tert-OH is 2. The molecule has 0 spiro atoms. The highest BCUT2D eigenvalue weighted by atomic mass is 16.4. The van der Waals surface area contributed by atoms with Gasteiger partial charge in [-0.15, -0.1) is 0 Å². The lowest BCUT2D eigenvalue weighted by molar-refractivity contribution is -0.154. The van der Waals surface area contributed by atoms with Gasteiger partial charge in [0.2, 0.25) is 0 Å². The summed E-state index contributed by atoms with van der Waals surface area (Å²) in [6.07, 6.45) is -0.150. The average Bonchev–Trinajstić information content (AvgIpc) is 2.11. The summed E-state index contributed by atoms with van der Waals surface area (Å²) < 4.78 is 0. The third-order valence-electron chi connectivity index (χ3n) is 2.17. The van der Waals surface area contributed by atoms with Crippen LogP contribution in [0.2, 0.25) is 0 Å². The van der Waals surface area contributed by atoms with Crippen LogP contribution >= 0.6 is 0 Å². The van der Waals surface area contributed by atoms with E-state index in [0.29, 0.717) is 0 Å². The molecule has 0 bridgehead atoms. The number of carboxylic acid groups (broad SMARTS) is 1. The van der Waals surface area contributed by atoms with Crippen molar-refractivity contribution in [2.75, 3.05) is 0 Å². The number of unbranched alkanes of at least 4 members (excludes halogenated alkanes) is 1.